The van der Waals surface area contributed by atoms with Gasteiger partial charge in [-0.25, -0.2) is 0 Å². The maximum atomic E-state index is 4.36. The molecule has 2 heterocycles. The molecule has 21 heavy (non-hydrogen) atoms. The number of thioether (sulfide) groups is 1. The molecule has 2 fully saturated rings. The molecule has 0 amide bonds. The molecule has 2 aliphatic rings. The van der Waals surface area contributed by atoms with Crippen molar-refractivity contribution in [3.63, 3.8) is 0 Å². The van der Waals surface area contributed by atoms with Crippen LogP contribution >= 0.6 is 11.8 Å². The second kappa shape index (κ2) is 8.28. The standard InChI is InChI=1S/C16H32N4S/c1-14(12-20-8-4-5-9-20)11-18-15(17-3)19-13-16(2)7-6-10-21-16/h14H,4-13H2,1-3H3,(H2,17,18,19). The molecule has 2 rings (SSSR count). The zero-order chi connectivity index (χ0) is 15.1. The number of guanidine groups is 1. The molecule has 0 bridgehead atoms. The number of hydrogen-bond donors (Lipinski definition) is 2. The molecular formula is C16H32N4S. The number of hydrogen-bond acceptors (Lipinski definition) is 3. The molecular weight excluding hydrogens is 280 g/mol. The molecule has 0 aromatic rings. The number of rotatable bonds is 6. The summed E-state index contributed by atoms with van der Waals surface area (Å²) in [7, 11) is 1.87. The highest BCUT2D eigenvalue weighted by atomic mass is 32.2. The van der Waals surface area contributed by atoms with Crippen molar-refractivity contribution in [1.82, 2.24) is 15.5 Å². The van der Waals surface area contributed by atoms with Crippen LogP contribution in [0.5, 0.6) is 0 Å². The zero-order valence-electron chi connectivity index (χ0n) is 14.0. The van der Waals surface area contributed by atoms with Gasteiger partial charge < -0.3 is 15.5 Å². The fourth-order valence-electron chi connectivity index (χ4n) is 3.21. The van der Waals surface area contributed by atoms with E-state index in [4.69, 9.17) is 0 Å². The lowest BCUT2D eigenvalue weighted by atomic mass is 10.1. The van der Waals surface area contributed by atoms with Gasteiger partial charge in [0, 0.05) is 31.4 Å². The van der Waals surface area contributed by atoms with Crippen molar-refractivity contribution in [2.75, 3.05) is 45.5 Å². The van der Waals surface area contributed by atoms with Crippen LogP contribution in [0.15, 0.2) is 4.99 Å². The van der Waals surface area contributed by atoms with Crippen LogP contribution < -0.4 is 10.6 Å². The van der Waals surface area contributed by atoms with Crippen molar-refractivity contribution in [2.24, 2.45) is 10.9 Å². The molecule has 0 aliphatic carbocycles. The summed E-state index contributed by atoms with van der Waals surface area (Å²) < 4.78 is 0.388. The average Bonchev–Trinajstić information content (AvgIpc) is 3.11. The number of nitrogens with one attached hydrogen (secondary N) is 2. The Morgan fingerprint density at radius 3 is 2.67 bits per heavy atom. The molecule has 2 unspecified atom stereocenters. The molecule has 0 spiro atoms. The Labute approximate surface area is 134 Å². The summed E-state index contributed by atoms with van der Waals surface area (Å²) in [6, 6.07) is 0. The Hall–Kier alpha value is -0.420. The molecule has 4 nitrogen and oxygen atoms in total. The highest BCUT2D eigenvalue weighted by Gasteiger charge is 2.29. The number of aliphatic imine (C=N–C) groups is 1. The highest BCUT2D eigenvalue weighted by molar-refractivity contribution is 8.00. The summed E-state index contributed by atoms with van der Waals surface area (Å²) in [6.45, 7) is 10.5. The Kier molecular flexibility index (Phi) is 6.68. The first-order chi connectivity index (χ1) is 10.1. The van der Waals surface area contributed by atoms with Crippen LogP contribution in [0.2, 0.25) is 0 Å². The van der Waals surface area contributed by atoms with E-state index in [-0.39, 0.29) is 0 Å². The number of nitrogens with zero attached hydrogens (tertiary/aromatic N) is 2. The smallest absolute Gasteiger partial charge is 0.191 e. The molecule has 2 saturated heterocycles. The van der Waals surface area contributed by atoms with Gasteiger partial charge in [-0.05, 0) is 57.4 Å². The fourth-order valence-corrected chi connectivity index (χ4v) is 4.45. The monoisotopic (exact) mass is 312 g/mol. The summed E-state index contributed by atoms with van der Waals surface area (Å²) >= 11 is 2.09. The summed E-state index contributed by atoms with van der Waals surface area (Å²) in [5.41, 5.74) is 0. The summed E-state index contributed by atoms with van der Waals surface area (Å²) in [6.07, 6.45) is 5.41. The van der Waals surface area contributed by atoms with Gasteiger partial charge in [-0.3, -0.25) is 4.99 Å². The van der Waals surface area contributed by atoms with E-state index in [2.05, 4.69) is 46.1 Å². The summed E-state index contributed by atoms with van der Waals surface area (Å²) in [5, 5.41) is 6.99. The largest absolute Gasteiger partial charge is 0.356 e. The number of likely N-dealkylation sites (tertiary alicyclic amines) is 1. The van der Waals surface area contributed by atoms with Crippen LogP contribution in [0.1, 0.15) is 39.5 Å². The Morgan fingerprint density at radius 2 is 2.05 bits per heavy atom. The Morgan fingerprint density at radius 1 is 1.29 bits per heavy atom. The first kappa shape index (κ1) is 16.9. The van der Waals surface area contributed by atoms with Crippen LogP contribution in [0, 0.1) is 5.92 Å². The van der Waals surface area contributed by atoms with E-state index in [0.29, 0.717) is 10.7 Å². The molecule has 2 N–H and O–H groups in total. The van der Waals surface area contributed by atoms with E-state index in [9.17, 15) is 0 Å². The Bertz CT molecular complexity index is 333. The van der Waals surface area contributed by atoms with Crippen LogP contribution in [0.3, 0.4) is 0 Å². The predicted molar refractivity (Wildman–Crippen MR) is 94.3 cm³/mol. The maximum Gasteiger partial charge on any atom is 0.191 e. The molecule has 2 aliphatic heterocycles. The van der Waals surface area contributed by atoms with Crippen LogP contribution in [-0.2, 0) is 0 Å². The van der Waals surface area contributed by atoms with Gasteiger partial charge in [0.15, 0.2) is 5.96 Å². The van der Waals surface area contributed by atoms with Gasteiger partial charge in [0.2, 0.25) is 0 Å². The van der Waals surface area contributed by atoms with Gasteiger partial charge >= 0.3 is 0 Å². The molecule has 0 radical (unpaired) electrons. The van der Waals surface area contributed by atoms with Crippen molar-refractivity contribution in [3.05, 3.63) is 0 Å². The van der Waals surface area contributed by atoms with E-state index in [1.807, 2.05) is 7.05 Å². The average molecular weight is 313 g/mol. The molecule has 0 aromatic carbocycles. The molecule has 0 aromatic heterocycles. The molecule has 2 atom stereocenters. The van der Waals surface area contributed by atoms with Crippen LogP contribution in [-0.4, -0.2) is 61.1 Å². The third kappa shape index (κ3) is 5.70. The SMILES string of the molecule is CN=C(NCC(C)CN1CCCC1)NCC1(C)CCCS1. The fraction of sp³-hybridized carbons (Fsp3) is 0.938. The van der Waals surface area contributed by atoms with Crippen molar-refractivity contribution in [1.29, 1.82) is 0 Å². The highest BCUT2D eigenvalue weighted by Crippen LogP contribution is 2.36. The van der Waals surface area contributed by atoms with Gasteiger partial charge in [0.25, 0.3) is 0 Å². The second-order valence-electron chi connectivity index (χ2n) is 6.82. The minimum Gasteiger partial charge on any atom is -0.356 e. The minimum absolute atomic E-state index is 0.388. The lowest BCUT2D eigenvalue weighted by molar-refractivity contribution is 0.287. The van der Waals surface area contributed by atoms with Crippen molar-refractivity contribution < 1.29 is 0 Å². The van der Waals surface area contributed by atoms with Gasteiger partial charge in [0.05, 0.1) is 0 Å². The van der Waals surface area contributed by atoms with Gasteiger partial charge in [-0.2, -0.15) is 11.8 Å². The topological polar surface area (TPSA) is 39.7 Å². The first-order valence-electron chi connectivity index (χ1n) is 8.42. The normalized spacial score (nSPS) is 28.8. The maximum absolute atomic E-state index is 4.36. The summed E-state index contributed by atoms with van der Waals surface area (Å²) in [5.74, 6) is 2.92. The van der Waals surface area contributed by atoms with Gasteiger partial charge in [-0.15, -0.1) is 0 Å². The second-order valence-corrected chi connectivity index (χ2v) is 8.50. The van der Waals surface area contributed by atoms with Crippen molar-refractivity contribution in [3.8, 4) is 0 Å². The third-order valence-corrected chi connectivity index (χ3v) is 6.08. The van der Waals surface area contributed by atoms with E-state index in [0.717, 1.165) is 19.0 Å². The van der Waals surface area contributed by atoms with Crippen LogP contribution in [0.25, 0.3) is 0 Å². The van der Waals surface area contributed by atoms with E-state index < -0.39 is 0 Å². The lowest BCUT2D eigenvalue weighted by Crippen LogP contribution is -2.45. The minimum atomic E-state index is 0.388. The molecule has 5 heteroatoms. The predicted octanol–water partition coefficient (Wildman–Crippen LogP) is 2.17. The van der Waals surface area contributed by atoms with Gasteiger partial charge in [0.1, 0.15) is 0 Å². The van der Waals surface area contributed by atoms with Crippen molar-refractivity contribution in [2.45, 2.75) is 44.3 Å². The molecule has 122 valence electrons. The zero-order valence-corrected chi connectivity index (χ0v) is 14.8. The third-order valence-electron chi connectivity index (χ3n) is 4.54. The van der Waals surface area contributed by atoms with E-state index in [1.54, 1.807) is 0 Å². The van der Waals surface area contributed by atoms with Crippen molar-refractivity contribution >= 4 is 17.7 Å². The van der Waals surface area contributed by atoms with E-state index in [1.165, 1.54) is 51.1 Å². The first-order valence-corrected chi connectivity index (χ1v) is 9.41. The lowest BCUT2D eigenvalue weighted by Gasteiger charge is -2.25. The quantitative estimate of drug-likeness (QED) is 0.582. The Balaban J connectivity index is 1.64. The van der Waals surface area contributed by atoms with E-state index >= 15 is 0 Å². The molecule has 0 saturated carbocycles. The summed E-state index contributed by atoms with van der Waals surface area (Å²) in [4.78, 5) is 6.94. The van der Waals surface area contributed by atoms with Crippen LogP contribution in [0.4, 0.5) is 0 Å². The van der Waals surface area contributed by atoms with Gasteiger partial charge in [-0.1, -0.05) is 6.92 Å².